The van der Waals surface area contributed by atoms with Gasteiger partial charge in [-0.2, -0.15) is 0 Å². The van der Waals surface area contributed by atoms with E-state index in [0.29, 0.717) is 12.8 Å². The maximum Gasteiger partial charge on any atom is 0.306 e. The van der Waals surface area contributed by atoms with Crippen molar-refractivity contribution in [3.05, 3.63) is 72.9 Å². The van der Waals surface area contributed by atoms with Crippen molar-refractivity contribution in [3.63, 3.8) is 0 Å². The van der Waals surface area contributed by atoms with Gasteiger partial charge in [0.05, 0.1) is 25.4 Å². The lowest BCUT2D eigenvalue weighted by atomic mass is 9.99. The first-order valence-corrected chi connectivity index (χ1v) is 30.7. The lowest BCUT2D eigenvalue weighted by Gasteiger charge is -2.41. The minimum absolute atomic E-state index is 0.113. The van der Waals surface area contributed by atoms with Crippen molar-refractivity contribution in [2.45, 2.75) is 307 Å². The third kappa shape index (κ3) is 40.0. The molecule has 0 aromatic rings. The summed E-state index contributed by atoms with van der Waals surface area (Å²) in [6.45, 7) is 5.71. The van der Waals surface area contributed by atoms with Gasteiger partial charge in [0.15, 0.2) is 12.4 Å². The summed E-state index contributed by atoms with van der Waals surface area (Å²) in [5.74, 6) is -1.26. The van der Waals surface area contributed by atoms with Crippen LogP contribution in [-0.4, -0.2) is 99.6 Å². The van der Waals surface area contributed by atoms with Crippen LogP contribution < -0.4 is 5.32 Å². The van der Waals surface area contributed by atoms with Gasteiger partial charge in [-0.05, 0) is 89.9 Å². The van der Waals surface area contributed by atoms with Crippen LogP contribution in [0.5, 0.6) is 0 Å². The van der Waals surface area contributed by atoms with E-state index in [2.05, 4.69) is 74.7 Å². The number of ether oxygens (including phenoxy) is 3. The Hall–Kier alpha value is -2.90. The number of esters is 1. The fraction of sp³-hybridized carbons (Fsp3) is 0.781. The third-order valence-electron chi connectivity index (χ3n) is 14.1. The molecule has 8 unspecified atom stereocenters. The van der Waals surface area contributed by atoms with Gasteiger partial charge in [-0.15, -0.1) is 0 Å². The predicted molar refractivity (Wildman–Crippen MR) is 310 cm³/mol. The summed E-state index contributed by atoms with van der Waals surface area (Å²) in [6.07, 6.45) is 55.2. The Morgan fingerprint density at radius 3 is 1.41 bits per heavy atom. The van der Waals surface area contributed by atoms with Gasteiger partial charge >= 0.3 is 5.97 Å². The Kier molecular flexibility index (Phi) is 48.5. The molecule has 1 amide bonds. The van der Waals surface area contributed by atoms with Crippen LogP contribution in [0.3, 0.4) is 0 Å². The van der Waals surface area contributed by atoms with Crippen LogP contribution in [0.1, 0.15) is 258 Å². The molecule has 0 spiro atoms. The van der Waals surface area contributed by atoms with Gasteiger partial charge in [0.1, 0.15) is 24.4 Å². The molecule has 1 saturated heterocycles. The van der Waals surface area contributed by atoms with Crippen LogP contribution >= 0.6 is 0 Å². The third-order valence-corrected chi connectivity index (χ3v) is 14.1. The molecule has 6 N–H and O–H groups in total. The van der Waals surface area contributed by atoms with Crippen molar-refractivity contribution in [2.75, 3.05) is 13.2 Å². The molecule has 1 aliphatic heterocycles. The van der Waals surface area contributed by atoms with E-state index in [-0.39, 0.29) is 19.4 Å². The number of carbonyl (C=O) groups excluding carboxylic acids is 2. The highest BCUT2D eigenvalue weighted by Crippen LogP contribution is 2.26. The molecule has 8 atom stereocenters. The topological polar surface area (TPSA) is 175 Å². The molecule has 11 heteroatoms. The zero-order chi connectivity index (χ0) is 54.7. The minimum atomic E-state index is -1.63. The molecule has 0 aromatic carbocycles. The number of nitrogens with one attached hydrogen (secondary N) is 1. The number of aliphatic hydroxyl groups excluding tert-OH is 5. The number of amides is 1. The lowest BCUT2D eigenvalue weighted by molar-refractivity contribution is -0.305. The first-order chi connectivity index (χ1) is 36.7. The zero-order valence-electron chi connectivity index (χ0n) is 47.9. The Bertz CT molecular complexity index is 1490. The van der Waals surface area contributed by atoms with Crippen molar-refractivity contribution in [1.29, 1.82) is 0 Å². The summed E-state index contributed by atoms with van der Waals surface area (Å²) in [5.41, 5.74) is 0. The number of hydrogen-bond acceptors (Lipinski definition) is 10. The average molecular weight is 1060 g/mol. The molecule has 75 heavy (non-hydrogen) atoms. The van der Waals surface area contributed by atoms with Gasteiger partial charge in [-0.25, -0.2) is 0 Å². The fourth-order valence-corrected chi connectivity index (χ4v) is 9.17. The van der Waals surface area contributed by atoms with Crippen LogP contribution in [0.4, 0.5) is 0 Å². The number of carbonyl (C=O) groups is 2. The predicted octanol–water partition coefficient (Wildman–Crippen LogP) is 14.4. The maximum atomic E-state index is 13.4. The summed E-state index contributed by atoms with van der Waals surface area (Å²) in [5, 5.41) is 56.8. The molecular formula is C64H113NO10. The zero-order valence-corrected chi connectivity index (χ0v) is 47.9. The van der Waals surface area contributed by atoms with Gasteiger partial charge in [0.2, 0.25) is 5.91 Å². The highest BCUT2D eigenvalue weighted by molar-refractivity contribution is 5.80. The van der Waals surface area contributed by atoms with Crippen molar-refractivity contribution < 1.29 is 49.3 Å². The molecule has 0 aromatic heterocycles. The number of aliphatic hydroxyl groups is 5. The highest BCUT2D eigenvalue weighted by atomic mass is 16.7. The van der Waals surface area contributed by atoms with Crippen molar-refractivity contribution >= 4 is 11.9 Å². The minimum Gasteiger partial charge on any atom is -0.454 e. The monoisotopic (exact) mass is 1060 g/mol. The normalized spacial score (nSPS) is 19.7. The van der Waals surface area contributed by atoms with Crippen LogP contribution in [0, 0.1) is 0 Å². The van der Waals surface area contributed by atoms with Gasteiger partial charge in [-0.1, -0.05) is 235 Å². The first-order valence-electron chi connectivity index (χ1n) is 30.7. The van der Waals surface area contributed by atoms with Crippen molar-refractivity contribution in [2.24, 2.45) is 0 Å². The lowest BCUT2D eigenvalue weighted by Crippen LogP contribution is -2.61. The van der Waals surface area contributed by atoms with Crippen LogP contribution in [0.2, 0.25) is 0 Å². The molecule has 1 rings (SSSR count). The largest absolute Gasteiger partial charge is 0.454 e. The van der Waals surface area contributed by atoms with E-state index in [9.17, 15) is 35.1 Å². The molecule has 0 radical (unpaired) electrons. The summed E-state index contributed by atoms with van der Waals surface area (Å²) >= 11 is 0. The smallest absolute Gasteiger partial charge is 0.306 e. The van der Waals surface area contributed by atoms with Crippen LogP contribution in [-0.2, 0) is 23.8 Å². The second-order valence-electron chi connectivity index (χ2n) is 21.1. The van der Waals surface area contributed by atoms with E-state index in [1.54, 1.807) is 6.08 Å². The molecule has 11 nitrogen and oxygen atoms in total. The van der Waals surface area contributed by atoms with Gasteiger partial charge in [-0.3, -0.25) is 9.59 Å². The van der Waals surface area contributed by atoms with E-state index < -0.39 is 67.4 Å². The van der Waals surface area contributed by atoms with E-state index in [1.165, 1.54) is 141 Å². The molecule has 1 heterocycles. The SMILES string of the molecule is CCCCC/C=C\C/C=C\C/C=C\C/C=C\CCC(O)C(=O)NC(COC1OC(CO)C(O)C(O)C1OC(=O)CCCCCCCCCCC/C=C/CCCCCCCC)C(O)/C=C/CCCCCCCCCCC. The summed E-state index contributed by atoms with van der Waals surface area (Å²) in [7, 11) is 0. The summed E-state index contributed by atoms with van der Waals surface area (Å²) < 4.78 is 17.6. The van der Waals surface area contributed by atoms with Crippen molar-refractivity contribution in [3.8, 4) is 0 Å². The first kappa shape index (κ1) is 70.1. The van der Waals surface area contributed by atoms with Crippen LogP contribution in [0.25, 0.3) is 0 Å². The molecule has 434 valence electrons. The van der Waals surface area contributed by atoms with Gasteiger partial charge in [0.25, 0.3) is 0 Å². The number of rotatable bonds is 51. The molecule has 1 aliphatic rings. The summed E-state index contributed by atoms with van der Waals surface area (Å²) in [6, 6.07) is -1.05. The average Bonchev–Trinajstić information content (AvgIpc) is 3.41. The number of allylic oxidation sites excluding steroid dienone is 11. The standard InChI is InChI=1S/C64H113NO10/c1-4-7-10-13-16-19-22-24-26-28-29-30-32-34-37-40-43-46-49-52-59(69)75-62-61(71)60(70)58(53-66)74-64(62)73-54-55(56(67)50-47-44-41-38-35-21-18-15-12-9-6-3)65-63(72)57(68)51-48-45-42-39-36-33-31-27-25-23-20-17-14-11-8-5-2/h17,20,24-27,33,36,42,45,47,50,55-58,60-62,64,66-68,70-71H,4-16,18-19,21-23,28-32,34-35,37-41,43-44,46,48-49,51-54H2,1-3H3,(H,65,72)/b20-17-,26-24+,27-25-,36-33-,45-42-,50-47+. The van der Waals surface area contributed by atoms with Gasteiger partial charge < -0.3 is 45.1 Å². The molecule has 0 bridgehead atoms. The van der Waals surface area contributed by atoms with E-state index >= 15 is 0 Å². The molecular weight excluding hydrogens is 943 g/mol. The van der Waals surface area contributed by atoms with Gasteiger partial charge in [0, 0.05) is 6.42 Å². The van der Waals surface area contributed by atoms with E-state index in [4.69, 9.17) is 14.2 Å². The summed E-state index contributed by atoms with van der Waals surface area (Å²) in [4.78, 5) is 26.5. The second-order valence-corrected chi connectivity index (χ2v) is 21.1. The highest BCUT2D eigenvalue weighted by Gasteiger charge is 2.47. The Morgan fingerprint density at radius 1 is 0.520 bits per heavy atom. The quantitative estimate of drug-likeness (QED) is 0.0195. The Labute approximate surface area is 458 Å². The number of unbranched alkanes of at least 4 members (excludes halogenated alkanes) is 27. The number of hydrogen-bond donors (Lipinski definition) is 6. The Balaban J connectivity index is 2.71. The molecule has 0 aliphatic carbocycles. The van der Waals surface area contributed by atoms with Crippen LogP contribution in [0.15, 0.2) is 72.9 Å². The fourth-order valence-electron chi connectivity index (χ4n) is 9.17. The van der Waals surface area contributed by atoms with E-state index in [0.717, 1.165) is 70.6 Å². The molecule has 1 fully saturated rings. The molecule has 0 saturated carbocycles. The second kappa shape index (κ2) is 51.8. The Morgan fingerprint density at radius 2 is 0.920 bits per heavy atom. The maximum absolute atomic E-state index is 13.4. The van der Waals surface area contributed by atoms with Crippen molar-refractivity contribution in [1.82, 2.24) is 5.32 Å². The van der Waals surface area contributed by atoms with E-state index in [1.807, 2.05) is 18.2 Å².